The highest BCUT2D eigenvalue weighted by Crippen LogP contribution is 2.24. The van der Waals surface area contributed by atoms with Crippen molar-refractivity contribution < 1.29 is 0 Å². The van der Waals surface area contributed by atoms with Crippen molar-refractivity contribution in [2.45, 2.75) is 20.8 Å². The lowest BCUT2D eigenvalue weighted by Gasteiger charge is -1.99. The van der Waals surface area contributed by atoms with Gasteiger partial charge in [-0.05, 0) is 45.0 Å². The van der Waals surface area contributed by atoms with E-state index in [0.717, 1.165) is 21.6 Å². The first kappa shape index (κ1) is 16.5. The van der Waals surface area contributed by atoms with Gasteiger partial charge < -0.3 is 0 Å². The molecule has 6 heteroatoms. The van der Waals surface area contributed by atoms with Gasteiger partial charge >= 0.3 is 0 Å². The summed E-state index contributed by atoms with van der Waals surface area (Å²) >= 11 is 1.48. The van der Waals surface area contributed by atoms with Crippen molar-refractivity contribution in [3.63, 3.8) is 0 Å². The molecule has 0 aliphatic rings. The van der Waals surface area contributed by atoms with Crippen molar-refractivity contribution in [1.29, 1.82) is 0 Å². The van der Waals surface area contributed by atoms with Crippen LogP contribution in [0.2, 0.25) is 0 Å². The second-order valence-electron chi connectivity index (χ2n) is 6.25. The highest BCUT2D eigenvalue weighted by Gasteiger charge is 2.17. The van der Waals surface area contributed by atoms with Gasteiger partial charge in [-0.2, -0.15) is 4.68 Å². The molecule has 0 bridgehead atoms. The zero-order chi connectivity index (χ0) is 18.3. The van der Waals surface area contributed by atoms with E-state index in [0.29, 0.717) is 16.4 Å². The lowest BCUT2D eigenvalue weighted by atomic mass is 10.1. The number of nitrogens with one attached hydrogen (secondary N) is 1. The van der Waals surface area contributed by atoms with Gasteiger partial charge in [0, 0.05) is 5.69 Å². The standard InChI is InChI=1S/C20H18N4OS/c1-12-8-10-15(11-9-12)21-13(2)18-14(3)23-24(19(18)25)20-22-16-6-4-5-7-17(16)26-20/h4-11,23H,1-3H3. The Balaban J connectivity index is 1.79. The fraction of sp³-hybridized carbons (Fsp3) is 0.150. The first-order valence-electron chi connectivity index (χ1n) is 8.33. The second-order valence-corrected chi connectivity index (χ2v) is 7.26. The van der Waals surface area contributed by atoms with Crippen LogP contribution in [0.25, 0.3) is 15.3 Å². The fourth-order valence-electron chi connectivity index (χ4n) is 2.93. The third-order valence-corrected chi connectivity index (χ3v) is 5.26. The Labute approximate surface area is 154 Å². The van der Waals surface area contributed by atoms with Gasteiger partial charge in [-0.15, -0.1) is 0 Å². The van der Waals surface area contributed by atoms with Crippen molar-refractivity contribution >= 4 is 33.0 Å². The summed E-state index contributed by atoms with van der Waals surface area (Å²) < 4.78 is 2.55. The van der Waals surface area contributed by atoms with Gasteiger partial charge in [-0.1, -0.05) is 41.2 Å². The molecule has 5 nitrogen and oxygen atoms in total. The minimum Gasteiger partial charge on any atom is -0.293 e. The van der Waals surface area contributed by atoms with Gasteiger partial charge in [0.2, 0.25) is 5.13 Å². The molecule has 0 aliphatic heterocycles. The maximum Gasteiger partial charge on any atom is 0.282 e. The van der Waals surface area contributed by atoms with Gasteiger partial charge in [0.05, 0.1) is 27.2 Å². The lowest BCUT2D eigenvalue weighted by Crippen LogP contribution is -2.19. The molecule has 4 rings (SSSR count). The maximum atomic E-state index is 13.0. The summed E-state index contributed by atoms with van der Waals surface area (Å²) in [7, 11) is 0. The van der Waals surface area contributed by atoms with E-state index >= 15 is 0 Å². The zero-order valence-corrected chi connectivity index (χ0v) is 15.6. The van der Waals surface area contributed by atoms with Crippen LogP contribution in [0.4, 0.5) is 5.69 Å². The number of aromatic nitrogens is 3. The monoisotopic (exact) mass is 362 g/mol. The van der Waals surface area contributed by atoms with Gasteiger partial charge in [-0.25, -0.2) is 4.98 Å². The maximum absolute atomic E-state index is 13.0. The SMILES string of the molecule is CC(=Nc1ccc(C)cc1)c1c(C)[nH]n(-c2nc3ccccc3s2)c1=O. The van der Waals surface area contributed by atoms with Crippen molar-refractivity contribution in [3.8, 4) is 5.13 Å². The first-order chi connectivity index (χ1) is 12.5. The predicted molar refractivity (Wildman–Crippen MR) is 107 cm³/mol. The number of rotatable bonds is 3. The summed E-state index contributed by atoms with van der Waals surface area (Å²) in [6.07, 6.45) is 0. The Bertz CT molecular complexity index is 1150. The van der Waals surface area contributed by atoms with E-state index in [1.54, 1.807) is 0 Å². The number of H-pyrrole nitrogens is 1. The van der Waals surface area contributed by atoms with Crippen LogP contribution in [0, 0.1) is 13.8 Å². The summed E-state index contributed by atoms with van der Waals surface area (Å²) in [5, 5.41) is 3.77. The Morgan fingerprint density at radius 3 is 2.58 bits per heavy atom. The van der Waals surface area contributed by atoms with Crippen LogP contribution in [-0.4, -0.2) is 20.5 Å². The summed E-state index contributed by atoms with van der Waals surface area (Å²) in [6.45, 7) is 5.78. The average molecular weight is 362 g/mol. The second kappa shape index (κ2) is 6.38. The summed E-state index contributed by atoms with van der Waals surface area (Å²) in [5.41, 5.74) is 4.82. The molecule has 2 aromatic carbocycles. The van der Waals surface area contributed by atoms with Crippen LogP contribution < -0.4 is 5.56 Å². The van der Waals surface area contributed by atoms with Crippen LogP contribution in [0.15, 0.2) is 58.3 Å². The quantitative estimate of drug-likeness (QED) is 0.544. The Hall–Kier alpha value is -2.99. The number of thiazole rings is 1. The molecule has 0 radical (unpaired) electrons. The van der Waals surface area contributed by atoms with Gasteiger partial charge in [0.15, 0.2) is 0 Å². The number of hydrogen-bond donors (Lipinski definition) is 1. The largest absolute Gasteiger partial charge is 0.293 e. The molecule has 4 aromatic rings. The molecule has 0 amide bonds. The molecule has 130 valence electrons. The van der Waals surface area contributed by atoms with E-state index in [1.165, 1.54) is 21.6 Å². The third kappa shape index (κ3) is 2.88. The van der Waals surface area contributed by atoms with Crippen molar-refractivity contribution in [3.05, 3.63) is 75.7 Å². The highest BCUT2D eigenvalue weighted by atomic mass is 32.1. The highest BCUT2D eigenvalue weighted by molar-refractivity contribution is 7.20. The number of aryl methyl sites for hydroxylation is 2. The molecule has 2 aromatic heterocycles. The lowest BCUT2D eigenvalue weighted by molar-refractivity contribution is 0.829. The molecular formula is C20H18N4OS. The number of para-hydroxylation sites is 1. The Kier molecular flexibility index (Phi) is 4.05. The number of aliphatic imine (C=N–C) groups is 1. The summed E-state index contributed by atoms with van der Waals surface area (Å²) in [6, 6.07) is 15.8. The third-order valence-electron chi connectivity index (χ3n) is 4.24. The number of nitrogens with zero attached hydrogens (tertiary/aromatic N) is 3. The minimum atomic E-state index is -0.130. The molecule has 1 N–H and O–H groups in total. The molecule has 0 saturated carbocycles. The number of benzene rings is 2. The van der Waals surface area contributed by atoms with E-state index in [-0.39, 0.29) is 5.56 Å². The fourth-order valence-corrected chi connectivity index (χ4v) is 3.86. The smallest absolute Gasteiger partial charge is 0.282 e. The Morgan fingerprint density at radius 2 is 1.85 bits per heavy atom. The van der Waals surface area contributed by atoms with Crippen molar-refractivity contribution in [2.75, 3.05) is 0 Å². The zero-order valence-electron chi connectivity index (χ0n) is 14.8. The number of hydrogen-bond acceptors (Lipinski definition) is 4. The molecule has 0 fully saturated rings. The van der Waals surface area contributed by atoms with Crippen LogP contribution in [0.1, 0.15) is 23.7 Å². The average Bonchev–Trinajstić information content (AvgIpc) is 3.17. The predicted octanol–water partition coefficient (Wildman–Crippen LogP) is 4.53. The molecule has 26 heavy (non-hydrogen) atoms. The summed E-state index contributed by atoms with van der Waals surface area (Å²) in [4.78, 5) is 22.1. The number of aromatic amines is 1. The van der Waals surface area contributed by atoms with E-state index in [4.69, 9.17) is 0 Å². The first-order valence-corrected chi connectivity index (χ1v) is 9.14. The van der Waals surface area contributed by atoms with E-state index < -0.39 is 0 Å². The molecule has 2 heterocycles. The molecule has 0 unspecified atom stereocenters. The molecular weight excluding hydrogens is 344 g/mol. The van der Waals surface area contributed by atoms with E-state index in [2.05, 4.69) is 15.1 Å². The van der Waals surface area contributed by atoms with Crippen molar-refractivity contribution in [2.24, 2.45) is 4.99 Å². The Morgan fingerprint density at radius 1 is 1.12 bits per heavy atom. The van der Waals surface area contributed by atoms with Crippen LogP contribution in [0.5, 0.6) is 0 Å². The van der Waals surface area contributed by atoms with Gasteiger partial charge in [0.1, 0.15) is 0 Å². The molecule has 0 atom stereocenters. The number of fused-ring (bicyclic) bond motifs is 1. The van der Waals surface area contributed by atoms with Crippen LogP contribution in [-0.2, 0) is 0 Å². The van der Waals surface area contributed by atoms with Gasteiger partial charge in [0.25, 0.3) is 5.56 Å². The molecule has 0 aliphatic carbocycles. The molecule has 0 spiro atoms. The summed E-state index contributed by atoms with van der Waals surface area (Å²) in [5.74, 6) is 0. The molecule has 0 saturated heterocycles. The van der Waals surface area contributed by atoms with E-state index in [1.807, 2.05) is 69.3 Å². The van der Waals surface area contributed by atoms with E-state index in [9.17, 15) is 4.79 Å². The van der Waals surface area contributed by atoms with Crippen molar-refractivity contribution in [1.82, 2.24) is 14.8 Å². The normalized spacial score (nSPS) is 12.0. The topological polar surface area (TPSA) is 63.0 Å². The van der Waals surface area contributed by atoms with Crippen LogP contribution >= 0.6 is 11.3 Å². The van der Waals surface area contributed by atoms with Gasteiger partial charge in [-0.3, -0.25) is 14.9 Å². The minimum absolute atomic E-state index is 0.130. The van der Waals surface area contributed by atoms with Crippen LogP contribution in [0.3, 0.4) is 0 Å².